The summed E-state index contributed by atoms with van der Waals surface area (Å²) in [5.74, 6) is 1.89. The fourth-order valence-corrected chi connectivity index (χ4v) is 7.78. The Morgan fingerprint density at radius 2 is 0.696 bits per heavy atom. The first kappa shape index (κ1) is 31.9. The summed E-state index contributed by atoms with van der Waals surface area (Å²) >= 11 is 0. The molecule has 0 saturated heterocycles. The van der Waals surface area contributed by atoms with E-state index in [9.17, 15) is 0 Å². The SMILES string of the molecule is c1ccc(-c2nc(-c3ccccc3)nc(-c3cccc(-c4ccc5c(c4)oc4ccc(-c6ccccc6-c6ccc7c(c6)oc6ccccc67)cc45)c3)n2)cc1. The van der Waals surface area contributed by atoms with Gasteiger partial charge in [-0.3, -0.25) is 0 Å². The molecule has 262 valence electrons. The Hall–Kier alpha value is -7.63. The smallest absolute Gasteiger partial charge is 0.164 e. The number of aromatic nitrogens is 3. The van der Waals surface area contributed by atoms with E-state index in [-0.39, 0.29) is 0 Å². The molecule has 5 nitrogen and oxygen atoms in total. The lowest BCUT2D eigenvalue weighted by atomic mass is 9.93. The third-order valence-electron chi connectivity index (χ3n) is 10.6. The molecule has 8 aromatic carbocycles. The zero-order valence-corrected chi connectivity index (χ0v) is 30.1. The maximum atomic E-state index is 6.50. The van der Waals surface area contributed by atoms with Crippen molar-refractivity contribution in [2.24, 2.45) is 0 Å². The molecule has 11 aromatic rings. The summed E-state index contributed by atoms with van der Waals surface area (Å²) in [5.41, 5.74) is 12.9. The summed E-state index contributed by atoms with van der Waals surface area (Å²) in [6.07, 6.45) is 0. The number of nitrogens with zero attached hydrogens (tertiary/aromatic N) is 3. The van der Waals surface area contributed by atoms with Gasteiger partial charge in [0.2, 0.25) is 0 Å². The summed E-state index contributed by atoms with van der Waals surface area (Å²) in [6, 6.07) is 64.6. The van der Waals surface area contributed by atoms with Gasteiger partial charge in [-0.25, -0.2) is 15.0 Å². The fourth-order valence-electron chi connectivity index (χ4n) is 7.78. The quantitative estimate of drug-likeness (QED) is 0.171. The lowest BCUT2D eigenvalue weighted by Gasteiger charge is -2.10. The normalized spacial score (nSPS) is 11.6. The molecule has 0 fully saturated rings. The van der Waals surface area contributed by atoms with Gasteiger partial charge >= 0.3 is 0 Å². The molecule has 3 heterocycles. The van der Waals surface area contributed by atoms with Crippen LogP contribution >= 0.6 is 0 Å². The van der Waals surface area contributed by atoms with Crippen molar-refractivity contribution in [2.75, 3.05) is 0 Å². The molecule has 5 heteroatoms. The molecule has 56 heavy (non-hydrogen) atoms. The molecule has 0 radical (unpaired) electrons. The van der Waals surface area contributed by atoms with E-state index in [2.05, 4.69) is 115 Å². The zero-order chi connectivity index (χ0) is 37.0. The first-order valence-corrected chi connectivity index (χ1v) is 18.7. The number of hydrogen-bond acceptors (Lipinski definition) is 5. The molecular weight excluding hydrogens is 687 g/mol. The van der Waals surface area contributed by atoms with E-state index in [4.69, 9.17) is 23.8 Å². The highest BCUT2D eigenvalue weighted by Crippen LogP contribution is 2.40. The Labute approximate surface area is 322 Å². The van der Waals surface area contributed by atoms with Crippen LogP contribution in [0.4, 0.5) is 0 Å². The van der Waals surface area contributed by atoms with Crippen LogP contribution in [0.1, 0.15) is 0 Å². The molecule has 11 rings (SSSR count). The Bertz CT molecular complexity index is 3200. The van der Waals surface area contributed by atoms with Gasteiger partial charge in [0.05, 0.1) is 0 Å². The topological polar surface area (TPSA) is 65.0 Å². The van der Waals surface area contributed by atoms with Crippen LogP contribution in [0.3, 0.4) is 0 Å². The molecule has 0 spiro atoms. The molecule has 0 unspecified atom stereocenters. The van der Waals surface area contributed by atoms with Crippen LogP contribution < -0.4 is 0 Å². The summed E-state index contributed by atoms with van der Waals surface area (Å²) in [6.45, 7) is 0. The number of furan rings is 2. The predicted molar refractivity (Wildman–Crippen MR) is 227 cm³/mol. The average Bonchev–Trinajstić information content (AvgIpc) is 3.84. The molecule has 0 aliphatic heterocycles. The predicted octanol–water partition coefficient (Wildman–Crippen LogP) is 13.7. The van der Waals surface area contributed by atoms with Gasteiger partial charge in [0, 0.05) is 38.2 Å². The summed E-state index contributed by atoms with van der Waals surface area (Å²) in [7, 11) is 0. The minimum atomic E-state index is 0.620. The molecule has 0 N–H and O–H groups in total. The highest BCUT2D eigenvalue weighted by molar-refractivity contribution is 6.09. The Balaban J connectivity index is 0.958. The van der Waals surface area contributed by atoms with Gasteiger partial charge in [0.1, 0.15) is 22.3 Å². The Kier molecular flexibility index (Phi) is 7.42. The van der Waals surface area contributed by atoms with Crippen LogP contribution in [0, 0.1) is 0 Å². The minimum Gasteiger partial charge on any atom is -0.456 e. The number of para-hydroxylation sites is 1. The maximum absolute atomic E-state index is 6.50. The molecular formula is C51H31N3O2. The van der Waals surface area contributed by atoms with E-state index in [0.29, 0.717) is 17.5 Å². The van der Waals surface area contributed by atoms with Crippen molar-refractivity contribution in [2.45, 2.75) is 0 Å². The molecule has 3 aromatic heterocycles. The van der Waals surface area contributed by atoms with Crippen molar-refractivity contribution in [1.82, 2.24) is 15.0 Å². The molecule has 0 aliphatic rings. The fraction of sp³-hybridized carbons (Fsp3) is 0. The first-order chi connectivity index (χ1) is 27.7. The molecule has 0 bridgehead atoms. The van der Waals surface area contributed by atoms with E-state index in [1.165, 1.54) is 0 Å². The van der Waals surface area contributed by atoms with Crippen LogP contribution in [0.2, 0.25) is 0 Å². The van der Waals surface area contributed by atoms with Crippen molar-refractivity contribution in [3.8, 4) is 67.5 Å². The second-order valence-corrected chi connectivity index (χ2v) is 14.0. The van der Waals surface area contributed by atoms with Crippen molar-refractivity contribution in [1.29, 1.82) is 0 Å². The Morgan fingerprint density at radius 3 is 1.39 bits per heavy atom. The number of rotatable bonds is 6. The highest BCUT2D eigenvalue weighted by Gasteiger charge is 2.16. The van der Waals surface area contributed by atoms with Gasteiger partial charge in [-0.1, -0.05) is 140 Å². The van der Waals surface area contributed by atoms with Crippen molar-refractivity contribution in [3.05, 3.63) is 188 Å². The highest BCUT2D eigenvalue weighted by atomic mass is 16.3. The number of hydrogen-bond donors (Lipinski definition) is 0. The van der Waals surface area contributed by atoms with E-state index >= 15 is 0 Å². The van der Waals surface area contributed by atoms with Gasteiger partial charge in [0.25, 0.3) is 0 Å². The summed E-state index contributed by atoms with van der Waals surface area (Å²) in [4.78, 5) is 14.8. The first-order valence-electron chi connectivity index (χ1n) is 18.7. The second-order valence-electron chi connectivity index (χ2n) is 14.0. The van der Waals surface area contributed by atoms with Crippen LogP contribution in [-0.4, -0.2) is 15.0 Å². The van der Waals surface area contributed by atoms with Crippen molar-refractivity contribution in [3.63, 3.8) is 0 Å². The van der Waals surface area contributed by atoms with Gasteiger partial charge in [-0.15, -0.1) is 0 Å². The molecule has 0 amide bonds. The minimum absolute atomic E-state index is 0.620. The van der Waals surface area contributed by atoms with Gasteiger partial charge in [-0.2, -0.15) is 0 Å². The third kappa shape index (κ3) is 5.53. The van der Waals surface area contributed by atoms with Crippen LogP contribution in [0.15, 0.2) is 197 Å². The van der Waals surface area contributed by atoms with Gasteiger partial charge in [-0.05, 0) is 81.9 Å². The Morgan fingerprint density at radius 1 is 0.250 bits per heavy atom. The average molecular weight is 718 g/mol. The number of fused-ring (bicyclic) bond motifs is 6. The lowest BCUT2D eigenvalue weighted by molar-refractivity contribution is 0.669. The van der Waals surface area contributed by atoms with Crippen molar-refractivity contribution < 1.29 is 8.83 Å². The molecule has 0 aliphatic carbocycles. The van der Waals surface area contributed by atoms with Gasteiger partial charge in [0.15, 0.2) is 17.5 Å². The lowest BCUT2D eigenvalue weighted by Crippen LogP contribution is -2.00. The number of benzene rings is 8. The monoisotopic (exact) mass is 717 g/mol. The molecule has 0 saturated carbocycles. The maximum Gasteiger partial charge on any atom is 0.164 e. The zero-order valence-electron chi connectivity index (χ0n) is 30.1. The summed E-state index contributed by atoms with van der Waals surface area (Å²) < 4.78 is 12.7. The van der Waals surface area contributed by atoms with Crippen LogP contribution in [-0.2, 0) is 0 Å². The van der Waals surface area contributed by atoms with Crippen LogP contribution in [0.25, 0.3) is 111 Å². The summed E-state index contributed by atoms with van der Waals surface area (Å²) in [5, 5.41) is 4.40. The van der Waals surface area contributed by atoms with E-state index in [1.54, 1.807) is 0 Å². The van der Waals surface area contributed by atoms with Gasteiger partial charge < -0.3 is 8.83 Å². The standard InChI is InChI=1S/C51H31N3O2/c1-3-12-32(13-4-1)49-52-50(33-14-5-2-6-15-33)54-51(53-49)38-17-11-16-34(28-38)35-22-25-43-44-29-36(24-27-46(44)56-47(43)30-35)39-18-7-8-19-40(39)37-23-26-42-41-20-9-10-21-45(41)55-48(42)31-37/h1-31H. The van der Waals surface area contributed by atoms with E-state index in [0.717, 1.165) is 93.9 Å². The van der Waals surface area contributed by atoms with E-state index in [1.807, 2.05) is 72.8 Å². The largest absolute Gasteiger partial charge is 0.456 e. The third-order valence-corrected chi connectivity index (χ3v) is 10.6. The van der Waals surface area contributed by atoms with E-state index < -0.39 is 0 Å². The van der Waals surface area contributed by atoms with Crippen LogP contribution in [0.5, 0.6) is 0 Å². The van der Waals surface area contributed by atoms with Crippen molar-refractivity contribution >= 4 is 43.9 Å². The molecule has 0 atom stereocenters. The second kappa shape index (κ2) is 13.0.